The molecule has 1 amide bonds. The van der Waals surface area contributed by atoms with Crippen molar-refractivity contribution in [3.05, 3.63) is 70.8 Å². The summed E-state index contributed by atoms with van der Waals surface area (Å²) in [6.07, 6.45) is 3.29. The maximum absolute atomic E-state index is 13.4. The molecule has 2 fully saturated rings. The van der Waals surface area contributed by atoms with Gasteiger partial charge in [0.25, 0.3) is 0 Å². The van der Waals surface area contributed by atoms with Gasteiger partial charge in [-0.05, 0) is 79.6 Å². The first-order valence-corrected chi connectivity index (χ1v) is 13.5. The zero-order valence-corrected chi connectivity index (χ0v) is 22.1. The van der Waals surface area contributed by atoms with Crippen molar-refractivity contribution < 1.29 is 23.8 Å². The van der Waals surface area contributed by atoms with Crippen molar-refractivity contribution >= 4 is 17.7 Å². The number of carbonyl (C=O) groups is 1. The lowest BCUT2D eigenvalue weighted by atomic mass is 9.67. The fourth-order valence-corrected chi connectivity index (χ4v) is 6.48. The van der Waals surface area contributed by atoms with E-state index in [1.54, 1.807) is 4.90 Å². The first-order chi connectivity index (χ1) is 18.1. The average Bonchev–Trinajstić information content (AvgIpc) is 3.23. The van der Waals surface area contributed by atoms with Crippen LogP contribution in [0.5, 0.6) is 0 Å². The van der Waals surface area contributed by atoms with Crippen LogP contribution in [0, 0.1) is 24.5 Å². The van der Waals surface area contributed by atoms with Crippen molar-refractivity contribution in [3.8, 4) is 0 Å². The van der Waals surface area contributed by atoms with Crippen LogP contribution in [0.1, 0.15) is 42.9 Å². The van der Waals surface area contributed by atoms with Gasteiger partial charge >= 0.3 is 0 Å². The second kappa shape index (κ2) is 10.4. The molecule has 5 rings (SSSR count). The minimum atomic E-state index is -1.26. The van der Waals surface area contributed by atoms with E-state index in [0.717, 1.165) is 44.3 Å². The molecule has 3 aliphatic heterocycles. The Morgan fingerprint density at radius 1 is 1.13 bits per heavy atom. The monoisotopic (exact) mass is 525 g/mol. The molecule has 2 unspecified atom stereocenters. The van der Waals surface area contributed by atoms with Crippen molar-refractivity contribution in [1.29, 1.82) is 0 Å². The number of hydrogen-bond donors (Lipinski definition) is 3. The summed E-state index contributed by atoms with van der Waals surface area (Å²) >= 11 is 0. The number of aliphatic hydroxyl groups excluding tert-OH is 1. The molecule has 0 radical (unpaired) electrons. The van der Waals surface area contributed by atoms with Gasteiger partial charge in [0, 0.05) is 56.0 Å². The third kappa shape index (κ3) is 5.22. The second-order valence-corrected chi connectivity index (χ2v) is 11.5. The number of carbonyl (C=O) groups excluding carboxylic acids is 1. The SMILES string of the molecule is Cc1ccc2c(c1)NCC21CCN(CC(O)C2(O)CCN(C(=O)/C=C/c3cc(F)cc(F)c3)CC2)C[C@@H]1C. The molecule has 204 valence electrons. The number of hydrogen-bond acceptors (Lipinski definition) is 5. The van der Waals surface area contributed by atoms with Crippen molar-refractivity contribution in [1.82, 2.24) is 9.80 Å². The number of likely N-dealkylation sites (tertiary alicyclic amines) is 2. The molecule has 0 saturated carbocycles. The van der Waals surface area contributed by atoms with Crippen LogP contribution in [0.25, 0.3) is 6.08 Å². The Morgan fingerprint density at radius 3 is 2.53 bits per heavy atom. The van der Waals surface area contributed by atoms with Gasteiger partial charge in [0.1, 0.15) is 11.6 Å². The van der Waals surface area contributed by atoms with Crippen LogP contribution in [-0.2, 0) is 10.2 Å². The van der Waals surface area contributed by atoms with E-state index in [4.69, 9.17) is 0 Å². The lowest BCUT2D eigenvalue weighted by Gasteiger charge is -2.47. The Hall–Kier alpha value is -2.81. The van der Waals surface area contributed by atoms with Crippen molar-refractivity contribution in [2.75, 3.05) is 44.6 Å². The van der Waals surface area contributed by atoms with E-state index in [1.165, 1.54) is 29.0 Å². The number of nitrogens with one attached hydrogen (secondary N) is 1. The van der Waals surface area contributed by atoms with Gasteiger partial charge in [-0.25, -0.2) is 8.78 Å². The van der Waals surface area contributed by atoms with E-state index in [-0.39, 0.29) is 29.7 Å². The van der Waals surface area contributed by atoms with Gasteiger partial charge in [-0.15, -0.1) is 0 Å². The summed E-state index contributed by atoms with van der Waals surface area (Å²) in [4.78, 5) is 16.4. The van der Waals surface area contributed by atoms with E-state index in [9.17, 15) is 23.8 Å². The molecule has 0 aromatic heterocycles. The van der Waals surface area contributed by atoms with Gasteiger partial charge in [0.15, 0.2) is 0 Å². The predicted octanol–water partition coefficient (Wildman–Crippen LogP) is 3.71. The number of fused-ring (bicyclic) bond motifs is 2. The number of anilines is 1. The molecule has 3 atom stereocenters. The van der Waals surface area contributed by atoms with Gasteiger partial charge < -0.3 is 25.3 Å². The fraction of sp³-hybridized carbons (Fsp3) is 0.500. The minimum Gasteiger partial charge on any atom is -0.389 e. The zero-order valence-electron chi connectivity index (χ0n) is 22.1. The van der Waals surface area contributed by atoms with Gasteiger partial charge in [-0.1, -0.05) is 19.1 Å². The maximum Gasteiger partial charge on any atom is 0.246 e. The fourth-order valence-electron chi connectivity index (χ4n) is 6.48. The van der Waals surface area contributed by atoms with Crippen LogP contribution in [0.3, 0.4) is 0 Å². The summed E-state index contributed by atoms with van der Waals surface area (Å²) in [5.74, 6) is -1.30. The normalized spacial score (nSPS) is 25.9. The summed E-state index contributed by atoms with van der Waals surface area (Å²) < 4.78 is 26.8. The quantitative estimate of drug-likeness (QED) is 0.519. The highest BCUT2D eigenvalue weighted by Gasteiger charge is 2.47. The molecular weight excluding hydrogens is 488 g/mol. The van der Waals surface area contributed by atoms with E-state index in [0.29, 0.717) is 25.6 Å². The Labute approximate surface area is 223 Å². The standard InChI is InChI=1S/C30H37F2N3O3/c1-20-3-5-25-26(13-20)33-19-29(25)7-10-34(17-21(29)2)18-27(36)30(38)8-11-35(12-9-30)28(37)6-4-22-14-23(31)16-24(32)15-22/h3-6,13-16,21,27,33,36,38H,7-12,17-19H2,1-2H3/b6-4+/t21-,27?,29?/m0/s1. The molecule has 38 heavy (non-hydrogen) atoms. The Bertz CT molecular complexity index is 1210. The number of benzene rings is 2. The number of aliphatic hydroxyl groups is 2. The molecule has 6 nitrogen and oxygen atoms in total. The third-order valence-corrected chi connectivity index (χ3v) is 8.95. The molecule has 0 aliphatic carbocycles. The van der Waals surface area contributed by atoms with E-state index >= 15 is 0 Å². The van der Waals surface area contributed by atoms with E-state index < -0.39 is 23.3 Å². The topological polar surface area (TPSA) is 76.0 Å². The number of aryl methyl sites for hydroxylation is 1. The van der Waals surface area contributed by atoms with Crippen LogP contribution in [-0.4, -0.2) is 76.9 Å². The molecule has 1 spiro atoms. The number of halogens is 2. The van der Waals surface area contributed by atoms with Gasteiger partial charge in [0.2, 0.25) is 5.91 Å². The highest BCUT2D eigenvalue weighted by molar-refractivity contribution is 5.91. The molecule has 3 N–H and O–H groups in total. The number of rotatable bonds is 5. The zero-order chi connectivity index (χ0) is 27.1. The summed E-state index contributed by atoms with van der Waals surface area (Å²) in [6.45, 7) is 8.01. The van der Waals surface area contributed by atoms with E-state index in [1.807, 2.05) is 0 Å². The molecule has 8 heteroatoms. The Balaban J connectivity index is 1.14. The second-order valence-electron chi connectivity index (χ2n) is 11.5. The van der Waals surface area contributed by atoms with Crippen LogP contribution in [0.2, 0.25) is 0 Å². The number of piperidine rings is 2. The highest BCUT2D eigenvalue weighted by atomic mass is 19.1. The molecule has 3 aliphatic rings. The summed E-state index contributed by atoms with van der Waals surface area (Å²) in [7, 11) is 0. The van der Waals surface area contributed by atoms with Gasteiger partial charge in [-0.3, -0.25) is 4.79 Å². The highest BCUT2D eigenvalue weighted by Crippen LogP contribution is 2.47. The largest absolute Gasteiger partial charge is 0.389 e. The summed E-state index contributed by atoms with van der Waals surface area (Å²) in [5.41, 5.74) is 2.98. The lowest BCUT2D eigenvalue weighted by Crippen LogP contribution is -2.58. The van der Waals surface area contributed by atoms with Crippen LogP contribution in [0.15, 0.2) is 42.5 Å². The third-order valence-electron chi connectivity index (χ3n) is 8.95. The number of amides is 1. The Morgan fingerprint density at radius 2 is 1.84 bits per heavy atom. The first kappa shape index (κ1) is 26.8. The minimum absolute atomic E-state index is 0.0951. The molecule has 0 bridgehead atoms. The molecule has 2 aromatic carbocycles. The number of β-amino-alcohol motifs (C(OH)–C–C–N with tert-alkyl or cyclic N) is 1. The van der Waals surface area contributed by atoms with Gasteiger partial charge in [-0.2, -0.15) is 0 Å². The van der Waals surface area contributed by atoms with Crippen molar-refractivity contribution in [2.45, 2.75) is 50.2 Å². The molecule has 2 aromatic rings. The number of nitrogens with zero attached hydrogens (tertiary/aromatic N) is 2. The van der Waals surface area contributed by atoms with Crippen molar-refractivity contribution in [3.63, 3.8) is 0 Å². The van der Waals surface area contributed by atoms with E-state index in [2.05, 4.69) is 42.3 Å². The van der Waals surface area contributed by atoms with Crippen LogP contribution < -0.4 is 5.32 Å². The summed E-state index contributed by atoms with van der Waals surface area (Å²) in [6, 6.07) is 9.75. The van der Waals surface area contributed by atoms with Crippen LogP contribution >= 0.6 is 0 Å². The van der Waals surface area contributed by atoms with Gasteiger partial charge in [0.05, 0.1) is 11.7 Å². The maximum atomic E-state index is 13.4. The molecule has 3 heterocycles. The molecular formula is C30H37F2N3O3. The predicted molar refractivity (Wildman–Crippen MR) is 144 cm³/mol. The first-order valence-electron chi connectivity index (χ1n) is 13.5. The van der Waals surface area contributed by atoms with Crippen LogP contribution in [0.4, 0.5) is 14.5 Å². The molecule has 2 saturated heterocycles. The average molecular weight is 526 g/mol. The Kier molecular flexibility index (Phi) is 7.33. The smallest absolute Gasteiger partial charge is 0.246 e. The lowest BCUT2D eigenvalue weighted by molar-refractivity contribution is -0.140. The van der Waals surface area contributed by atoms with Crippen molar-refractivity contribution in [2.24, 2.45) is 5.92 Å². The summed E-state index contributed by atoms with van der Waals surface area (Å²) in [5, 5.41) is 25.9.